The van der Waals surface area contributed by atoms with Crippen molar-refractivity contribution in [1.82, 2.24) is 0 Å². The number of nitrogens with zero attached hydrogens (tertiary/aromatic N) is 2. The molecule has 0 aliphatic heterocycles. The molecule has 0 bridgehead atoms. The van der Waals surface area contributed by atoms with Crippen LogP contribution in [0.15, 0.2) is 0 Å². The molecule has 3 nitrogen and oxygen atoms in total. The Balaban J connectivity index is 3.77. The number of rotatable bonds is 10. The largest absolute Gasteiger partial charge is 0.370 e. The van der Waals surface area contributed by atoms with E-state index < -0.39 is 0 Å². The van der Waals surface area contributed by atoms with Crippen LogP contribution in [0.3, 0.4) is 0 Å². The topological polar surface area (TPSA) is 9.23 Å². The predicted molar refractivity (Wildman–Crippen MR) is 75.1 cm³/mol. The van der Waals surface area contributed by atoms with Crippen LogP contribution in [-0.2, 0) is 4.74 Å². The Kier molecular flexibility index (Phi) is 8.01. The maximum Gasteiger partial charge on any atom is 0.102 e. The fraction of sp³-hybridized carbons (Fsp3) is 1.00. The molecule has 0 N–H and O–H groups in total. The lowest BCUT2D eigenvalue weighted by Gasteiger charge is -2.35. The van der Waals surface area contributed by atoms with Crippen LogP contribution in [0.4, 0.5) is 0 Å². The highest BCUT2D eigenvalue weighted by Crippen LogP contribution is 2.05. The Morgan fingerprint density at radius 2 is 1.18 bits per heavy atom. The highest BCUT2D eigenvalue weighted by Gasteiger charge is 2.20. The van der Waals surface area contributed by atoms with Crippen LogP contribution in [0.5, 0.6) is 0 Å². The second-order valence-electron chi connectivity index (χ2n) is 5.60. The van der Waals surface area contributed by atoms with Crippen LogP contribution >= 0.6 is 0 Å². The van der Waals surface area contributed by atoms with Crippen LogP contribution in [0.25, 0.3) is 0 Å². The fourth-order valence-corrected chi connectivity index (χ4v) is 1.98. The standard InChI is InChI=1S/C14H34N2O/c1-7-15(5,6)11-13-17-14-12-16(8-2,9-3)10-4/h7-14H2,1-6H3/q+2. The molecule has 0 aliphatic carbocycles. The highest BCUT2D eigenvalue weighted by atomic mass is 16.5. The van der Waals surface area contributed by atoms with Gasteiger partial charge in [0.25, 0.3) is 0 Å². The van der Waals surface area contributed by atoms with Crippen molar-refractivity contribution in [3.8, 4) is 0 Å². The third-order valence-electron chi connectivity index (χ3n) is 4.42. The van der Waals surface area contributed by atoms with Gasteiger partial charge in [-0.3, -0.25) is 0 Å². The van der Waals surface area contributed by atoms with Crippen LogP contribution in [0, 0.1) is 0 Å². The molecule has 3 heteroatoms. The number of likely N-dealkylation sites (N-methyl/N-ethyl adjacent to an activating group) is 2. The van der Waals surface area contributed by atoms with Crippen molar-refractivity contribution in [3.63, 3.8) is 0 Å². The van der Waals surface area contributed by atoms with Gasteiger partial charge in [-0.25, -0.2) is 0 Å². The van der Waals surface area contributed by atoms with Gasteiger partial charge in [-0.2, -0.15) is 0 Å². The van der Waals surface area contributed by atoms with Crippen LogP contribution in [0.1, 0.15) is 27.7 Å². The Labute approximate surface area is 109 Å². The maximum absolute atomic E-state index is 5.80. The lowest BCUT2D eigenvalue weighted by Crippen LogP contribution is -2.49. The van der Waals surface area contributed by atoms with Crippen molar-refractivity contribution < 1.29 is 13.7 Å². The van der Waals surface area contributed by atoms with Gasteiger partial charge in [-0.1, -0.05) is 0 Å². The van der Waals surface area contributed by atoms with Crippen molar-refractivity contribution in [1.29, 1.82) is 0 Å². The molecule has 0 heterocycles. The summed E-state index contributed by atoms with van der Waals surface area (Å²) in [5.41, 5.74) is 0. The summed E-state index contributed by atoms with van der Waals surface area (Å²) >= 11 is 0. The molecule has 0 aromatic carbocycles. The fourth-order valence-electron chi connectivity index (χ4n) is 1.98. The molecule has 104 valence electrons. The van der Waals surface area contributed by atoms with E-state index in [2.05, 4.69) is 41.8 Å². The maximum atomic E-state index is 5.80. The van der Waals surface area contributed by atoms with Crippen LogP contribution < -0.4 is 0 Å². The van der Waals surface area contributed by atoms with E-state index in [0.717, 1.165) is 30.8 Å². The third kappa shape index (κ3) is 6.39. The SMILES string of the molecule is CC[N+](C)(C)CCOCC[N+](CC)(CC)CC. The summed E-state index contributed by atoms with van der Waals surface area (Å²) in [6, 6.07) is 0. The molecule has 0 saturated carbocycles. The molecular weight excluding hydrogens is 212 g/mol. The minimum absolute atomic E-state index is 0.887. The highest BCUT2D eigenvalue weighted by molar-refractivity contribution is 4.39. The first-order chi connectivity index (χ1) is 7.95. The van der Waals surface area contributed by atoms with E-state index in [0.29, 0.717) is 0 Å². The van der Waals surface area contributed by atoms with E-state index in [-0.39, 0.29) is 0 Å². The Morgan fingerprint density at radius 3 is 1.59 bits per heavy atom. The molecule has 0 atom stereocenters. The van der Waals surface area contributed by atoms with E-state index in [1.54, 1.807) is 0 Å². The normalized spacial score (nSPS) is 13.1. The first-order valence-corrected chi connectivity index (χ1v) is 7.20. The van der Waals surface area contributed by atoms with E-state index >= 15 is 0 Å². The molecule has 0 aliphatic rings. The van der Waals surface area contributed by atoms with Gasteiger partial charge in [0, 0.05) is 0 Å². The molecule has 0 aromatic rings. The van der Waals surface area contributed by atoms with Crippen molar-refractivity contribution in [3.05, 3.63) is 0 Å². The van der Waals surface area contributed by atoms with Gasteiger partial charge < -0.3 is 13.7 Å². The zero-order valence-electron chi connectivity index (χ0n) is 13.0. The molecule has 0 amide bonds. The summed E-state index contributed by atoms with van der Waals surface area (Å²) in [4.78, 5) is 0. The second-order valence-corrected chi connectivity index (χ2v) is 5.60. The lowest BCUT2D eigenvalue weighted by atomic mass is 10.3. The molecular formula is C14H34N2O+2. The molecule has 0 rings (SSSR count). The molecule has 0 aromatic heterocycles. The van der Waals surface area contributed by atoms with Crippen LogP contribution in [0.2, 0.25) is 0 Å². The number of quaternary nitrogens is 2. The monoisotopic (exact) mass is 246 g/mol. The van der Waals surface area contributed by atoms with Crippen LogP contribution in [-0.4, -0.2) is 75.5 Å². The molecule has 0 spiro atoms. The number of ether oxygens (including phenoxy) is 1. The Hall–Kier alpha value is -0.120. The van der Waals surface area contributed by atoms with Gasteiger partial charge in [0.05, 0.1) is 53.5 Å². The number of hydrogen-bond acceptors (Lipinski definition) is 1. The molecule has 0 fully saturated rings. The summed E-state index contributed by atoms with van der Waals surface area (Å²) in [6.45, 7) is 17.9. The van der Waals surface area contributed by atoms with Crippen molar-refractivity contribution >= 4 is 0 Å². The minimum atomic E-state index is 0.887. The van der Waals surface area contributed by atoms with E-state index in [4.69, 9.17) is 4.74 Å². The van der Waals surface area contributed by atoms with Gasteiger partial charge in [0.1, 0.15) is 13.1 Å². The zero-order chi connectivity index (χ0) is 13.4. The van der Waals surface area contributed by atoms with Gasteiger partial charge >= 0.3 is 0 Å². The second kappa shape index (κ2) is 8.06. The smallest absolute Gasteiger partial charge is 0.102 e. The zero-order valence-corrected chi connectivity index (χ0v) is 13.0. The molecule has 0 saturated heterocycles. The average Bonchev–Trinajstić information content (AvgIpc) is 2.34. The summed E-state index contributed by atoms with van der Waals surface area (Å²) in [5, 5.41) is 0. The van der Waals surface area contributed by atoms with E-state index in [1.807, 2.05) is 0 Å². The Morgan fingerprint density at radius 1 is 0.706 bits per heavy atom. The summed E-state index contributed by atoms with van der Waals surface area (Å²) in [6.07, 6.45) is 0. The lowest BCUT2D eigenvalue weighted by molar-refractivity contribution is -0.923. The minimum Gasteiger partial charge on any atom is -0.370 e. The predicted octanol–water partition coefficient (Wildman–Crippen LogP) is 1.98. The van der Waals surface area contributed by atoms with Crippen molar-refractivity contribution in [2.75, 3.05) is 66.6 Å². The first kappa shape index (κ1) is 16.9. The molecule has 17 heavy (non-hydrogen) atoms. The van der Waals surface area contributed by atoms with Gasteiger partial charge in [-0.05, 0) is 27.7 Å². The van der Waals surface area contributed by atoms with E-state index in [1.165, 1.54) is 30.7 Å². The van der Waals surface area contributed by atoms with Gasteiger partial charge in [0.2, 0.25) is 0 Å². The summed E-state index contributed by atoms with van der Waals surface area (Å²) < 4.78 is 8.04. The summed E-state index contributed by atoms with van der Waals surface area (Å²) in [7, 11) is 4.52. The average molecular weight is 246 g/mol. The van der Waals surface area contributed by atoms with Gasteiger partial charge in [-0.15, -0.1) is 0 Å². The summed E-state index contributed by atoms with van der Waals surface area (Å²) in [5.74, 6) is 0. The molecule has 0 radical (unpaired) electrons. The molecule has 0 unspecified atom stereocenters. The first-order valence-electron chi connectivity index (χ1n) is 7.20. The quantitative estimate of drug-likeness (QED) is 0.423. The van der Waals surface area contributed by atoms with Gasteiger partial charge in [0.15, 0.2) is 0 Å². The van der Waals surface area contributed by atoms with Crippen molar-refractivity contribution in [2.45, 2.75) is 27.7 Å². The van der Waals surface area contributed by atoms with Crippen molar-refractivity contribution in [2.24, 2.45) is 0 Å². The van der Waals surface area contributed by atoms with E-state index in [9.17, 15) is 0 Å². The third-order valence-corrected chi connectivity index (χ3v) is 4.42. The number of hydrogen-bond donors (Lipinski definition) is 0. The Bertz CT molecular complexity index is 180.